The molecule has 1 aromatic heterocycles. The van der Waals surface area contributed by atoms with Gasteiger partial charge in [-0.15, -0.1) is 0 Å². The predicted molar refractivity (Wildman–Crippen MR) is 74.7 cm³/mol. The van der Waals surface area contributed by atoms with Gasteiger partial charge in [0.05, 0.1) is 12.1 Å². The summed E-state index contributed by atoms with van der Waals surface area (Å²) in [4.78, 5) is 9.01. The lowest BCUT2D eigenvalue weighted by molar-refractivity contribution is 0.110. The first-order valence-corrected chi connectivity index (χ1v) is 7.08. The van der Waals surface area contributed by atoms with Gasteiger partial charge in [-0.25, -0.2) is 4.98 Å². The number of nitrogens with zero attached hydrogens (tertiary/aromatic N) is 5. The number of aromatic nitrogens is 2. The van der Waals surface area contributed by atoms with Gasteiger partial charge in [-0.2, -0.15) is 5.26 Å². The summed E-state index contributed by atoms with van der Waals surface area (Å²) < 4.78 is 2.19. The number of piperazine rings is 1. The molecule has 1 aromatic rings. The highest BCUT2D eigenvalue weighted by molar-refractivity contribution is 4.93. The average molecular weight is 261 g/mol. The number of rotatable bonds is 5. The van der Waals surface area contributed by atoms with E-state index in [0.717, 1.165) is 51.5 Å². The Morgan fingerprint density at radius 1 is 1.32 bits per heavy atom. The molecule has 0 bridgehead atoms. The van der Waals surface area contributed by atoms with Crippen molar-refractivity contribution in [2.75, 3.05) is 32.7 Å². The third-order valence-corrected chi connectivity index (χ3v) is 3.96. The second-order valence-corrected chi connectivity index (χ2v) is 5.10. The van der Waals surface area contributed by atoms with Crippen LogP contribution in [0.3, 0.4) is 0 Å². The van der Waals surface area contributed by atoms with Crippen LogP contribution in [0.15, 0.2) is 12.4 Å². The molecule has 19 heavy (non-hydrogen) atoms. The summed E-state index contributed by atoms with van der Waals surface area (Å²) in [5.74, 6) is 1.08. The second kappa shape index (κ2) is 6.69. The van der Waals surface area contributed by atoms with Crippen molar-refractivity contribution in [2.45, 2.75) is 32.9 Å². The van der Waals surface area contributed by atoms with Crippen molar-refractivity contribution < 1.29 is 0 Å². The lowest BCUT2D eigenvalue weighted by Crippen LogP contribution is -2.50. The Kier molecular flexibility index (Phi) is 4.94. The molecule has 1 unspecified atom stereocenters. The summed E-state index contributed by atoms with van der Waals surface area (Å²) >= 11 is 0. The standard InChI is InChI=1S/C14H23N5/c1-3-14(12-15)19-10-7-17(8-11-19)6-9-18-5-4-16-13(18)2/h4-5,14H,3,6-11H2,1-2H3. The molecular formula is C14H23N5. The van der Waals surface area contributed by atoms with Gasteiger partial charge < -0.3 is 4.57 Å². The molecule has 1 atom stereocenters. The predicted octanol–water partition coefficient (Wildman–Crippen LogP) is 1.11. The van der Waals surface area contributed by atoms with Crippen LogP contribution in [0.1, 0.15) is 19.2 Å². The summed E-state index contributed by atoms with van der Waals surface area (Å²) in [7, 11) is 0. The highest BCUT2D eigenvalue weighted by atomic mass is 15.3. The van der Waals surface area contributed by atoms with Gasteiger partial charge in [0.15, 0.2) is 0 Å². The van der Waals surface area contributed by atoms with Crippen LogP contribution in [0.4, 0.5) is 0 Å². The minimum atomic E-state index is 0.0954. The normalized spacial score (nSPS) is 19.2. The molecule has 0 spiro atoms. The van der Waals surface area contributed by atoms with E-state index >= 15 is 0 Å². The Hall–Kier alpha value is -1.38. The van der Waals surface area contributed by atoms with E-state index in [1.54, 1.807) is 0 Å². The molecule has 104 valence electrons. The molecule has 1 aliphatic heterocycles. The summed E-state index contributed by atoms with van der Waals surface area (Å²) in [6, 6.07) is 2.49. The van der Waals surface area contributed by atoms with E-state index in [1.165, 1.54) is 0 Å². The molecular weight excluding hydrogens is 238 g/mol. The molecule has 0 N–H and O–H groups in total. The van der Waals surface area contributed by atoms with E-state index in [1.807, 2.05) is 19.3 Å². The smallest absolute Gasteiger partial charge is 0.105 e. The van der Waals surface area contributed by atoms with E-state index in [9.17, 15) is 0 Å². The molecule has 5 nitrogen and oxygen atoms in total. The van der Waals surface area contributed by atoms with Gasteiger partial charge in [-0.05, 0) is 13.3 Å². The van der Waals surface area contributed by atoms with Gasteiger partial charge in [0.25, 0.3) is 0 Å². The number of aryl methyl sites for hydroxylation is 1. The number of nitriles is 1. The summed E-state index contributed by atoms with van der Waals surface area (Å²) in [5.41, 5.74) is 0. The van der Waals surface area contributed by atoms with Crippen LogP contribution < -0.4 is 0 Å². The van der Waals surface area contributed by atoms with Gasteiger partial charge in [0.1, 0.15) is 5.82 Å². The number of imidazole rings is 1. The maximum atomic E-state index is 9.09. The van der Waals surface area contributed by atoms with Crippen molar-refractivity contribution in [1.29, 1.82) is 5.26 Å². The summed E-state index contributed by atoms with van der Waals surface area (Å²) in [5, 5.41) is 9.09. The van der Waals surface area contributed by atoms with Crippen molar-refractivity contribution in [2.24, 2.45) is 0 Å². The van der Waals surface area contributed by atoms with Crippen LogP contribution in [0, 0.1) is 18.3 Å². The van der Waals surface area contributed by atoms with Gasteiger partial charge in [0.2, 0.25) is 0 Å². The van der Waals surface area contributed by atoms with Crippen molar-refractivity contribution in [3.05, 3.63) is 18.2 Å². The van der Waals surface area contributed by atoms with Crippen molar-refractivity contribution in [1.82, 2.24) is 19.4 Å². The van der Waals surface area contributed by atoms with E-state index in [2.05, 4.69) is 32.3 Å². The first kappa shape index (κ1) is 14.0. The van der Waals surface area contributed by atoms with Crippen LogP contribution in [-0.2, 0) is 6.54 Å². The fourth-order valence-corrected chi connectivity index (χ4v) is 2.62. The molecule has 0 aromatic carbocycles. The fourth-order valence-electron chi connectivity index (χ4n) is 2.62. The van der Waals surface area contributed by atoms with E-state index in [-0.39, 0.29) is 6.04 Å². The van der Waals surface area contributed by atoms with E-state index in [0.29, 0.717) is 0 Å². The van der Waals surface area contributed by atoms with Gasteiger partial charge in [-0.1, -0.05) is 6.92 Å². The van der Waals surface area contributed by atoms with Crippen LogP contribution in [0.25, 0.3) is 0 Å². The monoisotopic (exact) mass is 261 g/mol. The van der Waals surface area contributed by atoms with E-state index < -0.39 is 0 Å². The Morgan fingerprint density at radius 2 is 2.05 bits per heavy atom. The molecule has 5 heteroatoms. The highest BCUT2D eigenvalue weighted by Crippen LogP contribution is 2.09. The number of hydrogen-bond acceptors (Lipinski definition) is 4. The van der Waals surface area contributed by atoms with Gasteiger partial charge in [-0.3, -0.25) is 9.80 Å². The van der Waals surface area contributed by atoms with Crippen LogP contribution in [0.5, 0.6) is 0 Å². The van der Waals surface area contributed by atoms with Crippen LogP contribution in [-0.4, -0.2) is 58.1 Å². The van der Waals surface area contributed by atoms with Gasteiger partial charge >= 0.3 is 0 Å². The molecule has 0 amide bonds. The topological polar surface area (TPSA) is 48.1 Å². The Balaban J connectivity index is 1.75. The quantitative estimate of drug-likeness (QED) is 0.796. The maximum absolute atomic E-state index is 9.09. The molecule has 2 heterocycles. The average Bonchev–Trinajstić information content (AvgIpc) is 2.85. The first-order valence-electron chi connectivity index (χ1n) is 7.08. The summed E-state index contributed by atoms with van der Waals surface area (Å²) in [6.45, 7) is 10.3. The highest BCUT2D eigenvalue weighted by Gasteiger charge is 2.22. The Bertz CT molecular complexity index is 425. The van der Waals surface area contributed by atoms with Crippen molar-refractivity contribution in [3.63, 3.8) is 0 Å². The maximum Gasteiger partial charge on any atom is 0.105 e. The lowest BCUT2D eigenvalue weighted by Gasteiger charge is -2.36. The third kappa shape index (κ3) is 3.55. The zero-order valence-corrected chi connectivity index (χ0v) is 11.9. The minimum Gasteiger partial charge on any atom is -0.334 e. The first-order chi connectivity index (χ1) is 9.24. The van der Waals surface area contributed by atoms with Crippen molar-refractivity contribution in [3.8, 4) is 6.07 Å². The van der Waals surface area contributed by atoms with Crippen molar-refractivity contribution >= 4 is 0 Å². The molecule has 0 saturated carbocycles. The second-order valence-electron chi connectivity index (χ2n) is 5.10. The van der Waals surface area contributed by atoms with Gasteiger partial charge in [0, 0.05) is 51.7 Å². The molecule has 1 saturated heterocycles. The Morgan fingerprint density at radius 3 is 2.58 bits per heavy atom. The minimum absolute atomic E-state index is 0.0954. The third-order valence-electron chi connectivity index (χ3n) is 3.96. The van der Waals surface area contributed by atoms with Crippen LogP contribution >= 0.6 is 0 Å². The summed E-state index contributed by atoms with van der Waals surface area (Å²) in [6.07, 6.45) is 4.81. The molecule has 0 radical (unpaired) electrons. The molecule has 2 rings (SSSR count). The molecule has 1 fully saturated rings. The van der Waals surface area contributed by atoms with Crippen LogP contribution in [0.2, 0.25) is 0 Å². The largest absolute Gasteiger partial charge is 0.334 e. The SMILES string of the molecule is CCC(C#N)N1CCN(CCn2ccnc2C)CC1. The fraction of sp³-hybridized carbons (Fsp3) is 0.714. The van der Waals surface area contributed by atoms with E-state index in [4.69, 9.17) is 5.26 Å². The zero-order valence-electron chi connectivity index (χ0n) is 11.9. The Labute approximate surface area is 115 Å². The molecule has 0 aliphatic carbocycles. The zero-order chi connectivity index (χ0) is 13.7. The molecule has 1 aliphatic rings. The number of hydrogen-bond donors (Lipinski definition) is 0. The lowest BCUT2D eigenvalue weighted by atomic mass is 10.2.